The summed E-state index contributed by atoms with van der Waals surface area (Å²) in [6.07, 6.45) is 1.57. The van der Waals surface area contributed by atoms with Crippen molar-refractivity contribution in [3.8, 4) is 0 Å². The molecule has 0 radical (unpaired) electrons. The largest absolute Gasteiger partial charge is 0.355 e. The number of nitrogens with zero attached hydrogens (tertiary/aromatic N) is 2. The van der Waals surface area contributed by atoms with Crippen LogP contribution in [-0.2, 0) is 10.0 Å². The molecule has 120 valence electrons. The molecule has 1 aliphatic rings. The topological polar surface area (TPSA) is 78.1 Å². The fourth-order valence-corrected chi connectivity index (χ4v) is 5.23. The molecule has 1 fully saturated rings. The van der Waals surface area contributed by atoms with E-state index in [1.165, 1.54) is 11.3 Å². The van der Waals surface area contributed by atoms with E-state index in [0.717, 1.165) is 42.3 Å². The standard InChI is InChI=1S/C14H20N4O2S2/c1-10-9-13(16-15-10)18-7-5-12(6-8-18)17-22(19,20)14-4-3-11(2)21-14/h3-4,9,12,17H,5-8H2,1-2H3,(H,15,16). The number of anilines is 1. The van der Waals surface area contributed by atoms with Crippen LogP contribution in [-0.4, -0.2) is 37.7 Å². The van der Waals surface area contributed by atoms with Gasteiger partial charge in [-0.3, -0.25) is 5.10 Å². The van der Waals surface area contributed by atoms with Crippen molar-refractivity contribution >= 4 is 27.2 Å². The summed E-state index contributed by atoms with van der Waals surface area (Å²) >= 11 is 1.31. The van der Waals surface area contributed by atoms with Crippen molar-refractivity contribution in [3.05, 3.63) is 28.8 Å². The third-order valence-corrected chi connectivity index (χ3v) is 6.83. The van der Waals surface area contributed by atoms with Crippen LogP contribution in [0.15, 0.2) is 22.4 Å². The third-order valence-electron chi connectivity index (χ3n) is 3.81. The second-order valence-electron chi connectivity index (χ2n) is 5.66. The first-order valence-electron chi connectivity index (χ1n) is 7.30. The number of thiophene rings is 1. The van der Waals surface area contributed by atoms with Crippen molar-refractivity contribution in [2.45, 2.75) is 36.9 Å². The van der Waals surface area contributed by atoms with Crippen LogP contribution in [0.3, 0.4) is 0 Å². The molecule has 2 aromatic heterocycles. The molecular formula is C14H20N4O2S2. The minimum Gasteiger partial charge on any atom is -0.355 e. The average Bonchev–Trinajstić information content (AvgIpc) is 3.08. The first-order valence-corrected chi connectivity index (χ1v) is 9.60. The van der Waals surface area contributed by atoms with Crippen molar-refractivity contribution in [2.75, 3.05) is 18.0 Å². The highest BCUT2D eigenvalue weighted by molar-refractivity contribution is 7.91. The molecule has 2 N–H and O–H groups in total. The Hall–Kier alpha value is -1.38. The molecule has 1 saturated heterocycles. The van der Waals surface area contributed by atoms with Gasteiger partial charge in [-0.25, -0.2) is 13.1 Å². The summed E-state index contributed by atoms with van der Waals surface area (Å²) in [5.41, 5.74) is 1.03. The summed E-state index contributed by atoms with van der Waals surface area (Å²) < 4.78 is 27.9. The van der Waals surface area contributed by atoms with Crippen LogP contribution in [0, 0.1) is 13.8 Å². The number of piperidine rings is 1. The van der Waals surface area contributed by atoms with Crippen LogP contribution >= 0.6 is 11.3 Å². The molecule has 0 saturated carbocycles. The van der Waals surface area contributed by atoms with Crippen molar-refractivity contribution in [3.63, 3.8) is 0 Å². The minimum atomic E-state index is -3.39. The van der Waals surface area contributed by atoms with E-state index < -0.39 is 10.0 Å². The number of sulfonamides is 1. The van der Waals surface area contributed by atoms with Gasteiger partial charge in [0.15, 0.2) is 5.82 Å². The van der Waals surface area contributed by atoms with Gasteiger partial charge in [0.25, 0.3) is 0 Å². The lowest BCUT2D eigenvalue weighted by Gasteiger charge is -2.32. The molecule has 0 unspecified atom stereocenters. The molecule has 3 rings (SSSR count). The van der Waals surface area contributed by atoms with Crippen molar-refractivity contribution in [2.24, 2.45) is 0 Å². The molecule has 6 nitrogen and oxygen atoms in total. The van der Waals surface area contributed by atoms with Crippen molar-refractivity contribution < 1.29 is 8.42 Å². The Morgan fingerprint density at radius 2 is 2.05 bits per heavy atom. The van der Waals surface area contributed by atoms with Crippen LogP contribution in [0.2, 0.25) is 0 Å². The molecule has 0 bridgehead atoms. The molecule has 0 amide bonds. The highest BCUT2D eigenvalue weighted by Crippen LogP contribution is 2.23. The number of aromatic amines is 1. The molecule has 8 heteroatoms. The lowest BCUT2D eigenvalue weighted by Crippen LogP contribution is -2.44. The maximum atomic E-state index is 12.3. The quantitative estimate of drug-likeness (QED) is 0.893. The zero-order chi connectivity index (χ0) is 15.7. The van der Waals surface area contributed by atoms with Gasteiger partial charge in [0.2, 0.25) is 10.0 Å². The first-order chi connectivity index (χ1) is 10.4. The SMILES string of the molecule is Cc1cc(N2CCC(NS(=O)(=O)c3ccc(C)s3)CC2)n[nH]1. The van der Waals surface area contributed by atoms with E-state index in [4.69, 9.17) is 0 Å². The summed E-state index contributed by atoms with van der Waals surface area (Å²) in [5, 5.41) is 7.19. The van der Waals surface area contributed by atoms with Crippen LogP contribution < -0.4 is 9.62 Å². The first kappa shape index (κ1) is 15.5. The highest BCUT2D eigenvalue weighted by atomic mass is 32.2. The monoisotopic (exact) mass is 340 g/mol. The van der Waals surface area contributed by atoms with Crippen LogP contribution in [0.5, 0.6) is 0 Å². The van der Waals surface area contributed by atoms with Crippen LogP contribution in [0.25, 0.3) is 0 Å². The summed E-state index contributed by atoms with van der Waals surface area (Å²) in [4.78, 5) is 3.19. The number of hydrogen-bond donors (Lipinski definition) is 2. The zero-order valence-corrected chi connectivity index (χ0v) is 14.3. The normalized spacial score (nSPS) is 17.1. The summed E-state index contributed by atoms with van der Waals surface area (Å²) in [7, 11) is -3.39. The van der Waals surface area contributed by atoms with Crippen LogP contribution in [0.1, 0.15) is 23.4 Å². The van der Waals surface area contributed by atoms with Gasteiger partial charge in [-0.2, -0.15) is 5.10 Å². The lowest BCUT2D eigenvalue weighted by atomic mass is 10.1. The Balaban J connectivity index is 1.60. The Morgan fingerprint density at radius 3 is 2.59 bits per heavy atom. The van der Waals surface area contributed by atoms with Gasteiger partial charge in [0, 0.05) is 35.8 Å². The minimum absolute atomic E-state index is 0.0105. The summed E-state index contributed by atoms with van der Waals surface area (Å²) in [6, 6.07) is 5.51. The second kappa shape index (κ2) is 6.02. The fraction of sp³-hybridized carbons (Fsp3) is 0.500. The molecular weight excluding hydrogens is 320 g/mol. The fourth-order valence-electron chi connectivity index (χ4n) is 2.63. The number of H-pyrrole nitrogens is 1. The van der Waals surface area contributed by atoms with Crippen molar-refractivity contribution in [1.29, 1.82) is 0 Å². The Bertz CT molecular complexity index is 742. The number of aromatic nitrogens is 2. The molecule has 0 spiro atoms. The van der Waals surface area contributed by atoms with E-state index in [9.17, 15) is 8.42 Å². The van der Waals surface area contributed by atoms with Gasteiger partial charge < -0.3 is 4.90 Å². The van der Waals surface area contributed by atoms with Gasteiger partial charge in [-0.15, -0.1) is 11.3 Å². The Labute approximate surface area is 134 Å². The molecule has 0 aliphatic carbocycles. The summed E-state index contributed by atoms with van der Waals surface area (Å²) in [5.74, 6) is 0.938. The zero-order valence-electron chi connectivity index (χ0n) is 12.7. The van der Waals surface area contributed by atoms with E-state index in [2.05, 4.69) is 19.8 Å². The maximum absolute atomic E-state index is 12.3. The predicted octanol–water partition coefficient (Wildman–Crippen LogP) is 2.04. The summed E-state index contributed by atoms with van der Waals surface area (Å²) in [6.45, 7) is 5.50. The van der Waals surface area contributed by atoms with E-state index >= 15 is 0 Å². The molecule has 22 heavy (non-hydrogen) atoms. The number of rotatable bonds is 4. The molecule has 0 aromatic carbocycles. The van der Waals surface area contributed by atoms with E-state index in [0.29, 0.717) is 4.21 Å². The van der Waals surface area contributed by atoms with Gasteiger partial charge >= 0.3 is 0 Å². The second-order valence-corrected chi connectivity index (χ2v) is 8.89. The Kier molecular flexibility index (Phi) is 4.24. The highest BCUT2D eigenvalue weighted by Gasteiger charge is 2.26. The molecule has 2 aromatic rings. The number of hydrogen-bond acceptors (Lipinski definition) is 5. The van der Waals surface area contributed by atoms with E-state index in [1.807, 2.05) is 26.0 Å². The number of nitrogens with one attached hydrogen (secondary N) is 2. The van der Waals surface area contributed by atoms with Gasteiger partial charge in [0.05, 0.1) is 0 Å². The average molecular weight is 340 g/mol. The maximum Gasteiger partial charge on any atom is 0.250 e. The Morgan fingerprint density at radius 1 is 1.32 bits per heavy atom. The lowest BCUT2D eigenvalue weighted by molar-refractivity contribution is 0.459. The third kappa shape index (κ3) is 3.34. The van der Waals surface area contributed by atoms with Gasteiger partial charge in [-0.05, 0) is 38.8 Å². The van der Waals surface area contributed by atoms with Gasteiger partial charge in [-0.1, -0.05) is 0 Å². The van der Waals surface area contributed by atoms with Gasteiger partial charge in [0.1, 0.15) is 4.21 Å². The number of aryl methyl sites for hydroxylation is 2. The predicted molar refractivity (Wildman–Crippen MR) is 87.9 cm³/mol. The van der Waals surface area contributed by atoms with Crippen LogP contribution in [0.4, 0.5) is 5.82 Å². The van der Waals surface area contributed by atoms with E-state index in [1.54, 1.807) is 6.07 Å². The van der Waals surface area contributed by atoms with Crippen molar-refractivity contribution in [1.82, 2.24) is 14.9 Å². The molecule has 0 atom stereocenters. The molecule has 1 aliphatic heterocycles. The molecule has 3 heterocycles. The van der Waals surface area contributed by atoms with E-state index in [-0.39, 0.29) is 6.04 Å². The smallest absolute Gasteiger partial charge is 0.250 e.